The highest BCUT2D eigenvalue weighted by Crippen LogP contribution is 2.38. The van der Waals surface area contributed by atoms with Crippen molar-refractivity contribution in [3.63, 3.8) is 0 Å². The lowest BCUT2D eigenvalue weighted by Gasteiger charge is -2.32. The number of para-hydroxylation sites is 1. The second-order valence-corrected chi connectivity index (χ2v) is 5.07. The lowest BCUT2D eigenvalue weighted by molar-refractivity contribution is 0.0439. The number of carbonyl (C=O) groups is 1. The number of anilines is 1. The van der Waals surface area contributed by atoms with Gasteiger partial charge in [0.15, 0.2) is 0 Å². The van der Waals surface area contributed by atoms with Gasteiger partial charge in [-0.05, 0) is 6.07 Å². The van der Waals surface area contributed by atoms with Crippen molar-refractivity contribution in [3.05, 3.63) is 29.8 Å². The van der Waals surface area contributed by atoms with Crippen LogP contribution in [-0.4, -0.2) is 50.2 Å². The standard InChI is InChI=1S/C14H18FN3O3.BrH/c15-18-13(12(9-16)21-14(18)19)10-3-1-2-4-11(10)17-5-7-20-8-6-17;/h1-4,12-13H,5-9,16H2;1H/t12-,13?;/m0./s1. The number of nitrogens with two attached hydrogens (primary N) is 1. The zero-order chi connectivity index (χ0) is 14.8. The average molecular weight is 376 g/mol. The molecule has 8 heteroatoms. The molecule has 22 heavy (non-hydrogen) atoms. The van der Waals surface area contributed by atoms with Crippen LogP contribution in [0.2, 0.25) is 0 Å². The predicted octanol–water partition coefficient (Wildman–Crippen LogP) is 1.81. The molecule has 2 saturated heterocycles. The second kappa shape index (κ2) is 7.26. The summed E-state index contributed by atoms with van der Waals surface area (Å²) >= 11 is 0. The molecule has 1 aromatic carbocycles. The molecule has 1 amide bonds. The molecule has 2 atom stereocenters. The quantitative estimate of drug-likeness (QED) is 0.815. The molecule has 0 aliphatic carbocycles. The highest BCUT2D eigenvalue weighted by atomic mass is 79.9. The number of morpholine rings is 1. The normalized spacial score (nSPS) is 24.9. The van der Waals surface area contributed by atoms with E-state index in [0.29, 0.717) is 18.8 Å². The van der Waals surface area contributed by atoms with Crippen molar-refractivity contribution in [2.24, 2.45) is 5.73 Å². The van der Waals surface area contributed by atoms with Crippen molar-refractivity contribution in [2.45, 2.75) is 12.1 Å². The smallest absolute Gasteiger partial charge is 0.439 e. The van der Waals surface area contributed by atoms with E-state index < -0.39 is 18.2 Å². The SMILES string of the molecule is Br.NC[C@@H]1OC(=O)N(F)C1c1ccccc1N1CCOCC1. The first-order valence-electron chi connectivity index (χ1n) is 6.99. The number of hydrogen-bond acceptors (Lipinski definition) is 5. The minimum absolute atomic E-state index is 0. The van der Waals surface area contributed by atoms with Gasteiger partial charge in [-0.2, -0.15) is 0 Å². The molecule has 2 aliphatic heterocycles. The fourth-order valence-corrected chi connectivity index (χ4v) is 2.83. The van der Waals surface area contributed by atoms with Crippen LogP contribution in [-0.2, 0) is 9.47 Å². The van der Waals surface area contributed by atoms with E-state index in [1.54, 1.807) is 0 Å². The van der Waals surface area contributed by atoms with E-state index in [2.05, 4.69) is 4.90 Å². The summed E-state index contributed by atoms with van der Waals surface area (Å²) in [5, 5.41) is 0.136. The molecule has 1 aromatic rings. The van der Waals surface area contributed by atoms with E-state index in [0.717, 1.165) is 18.8 Å². The minimum Gasteiger partial charge on any atom is -0.440 e. The molecule has 0 saturated carbocycles. The van der Waals surface area contributed by atoms with Crippen molar-refractivity contribution >= 4 is 28.8 Å². The van der Waals surface area contributed by atoms with Crippen LogP contribution in [0.15, 0.2) is 24.3 Å². The molecular weight excluding hydrogens is 357 g/mol. The molecule has 1 unspecified atom stereocenters. The monoisotopic (exact) mass is 375 g/mol. The summed E-state index contributed by atoms with van der Waals surface area (Å²) < 4.78 is 24.4. The average Bonchev–Trinajstić information content (AvgIpc) is 2.83. The Morgan fingerprint density at radius 2 is 1.95 bits per heavy atom. The number of halogens is 2. The van der Waals surface area contributed by atoms with E-state index >= 15 is 0 Å². The summed E-state index contributed by atoms with van der Waals surface area (Å²) in [4.78, 5) is 13.6. The van der Waals surface area contributed by atoms with E-state index in [-0.39, 0.29) is 28.6 Å². The van der Waals surface area contributed by atoms with Gasteiger partial charge in [-0.1, -0.05) is 22.7 Å². The Kier molecular flexibility index (Phi) is 5.60. The molecule has 2 N–H and O–H groups in total. The van der Waals surface area contributed by atoms with Gasteiger partial charge in [-0.3, -0.25) is 0 Å². The molecule has 2 fully saturated rings. The van der Waals surface area contributed by atoms with Crippen LogP contribution in [0.3, 0.4) is 0 Å². The summed E-state index contributed by atoms with van der Waals surface area (Å²) in [6.07, 6.45) is -1.66. The second-order valence-electron chi connectivity index (χ2n) is 5.07. The summed E-state index contributed by atoms with van der Waals surface area (Å²) in [7, 11) is 0. The Balaban J connectivity index is 0.00000176. The molecule has 122 valence electrons. The lowest BCUT2D eigenvalue weighted by atomic mass is 9.99. The Hall–Kier alpha value is -1.38. The number of nitrogens with zero attached hydrogens (tertiary/aromatic N) is 2. The molecule has 0 bridgehead atoms. The molecule has 0 aromatic heterocycles. The molecule has 0 radical (unpaired) electrons. The van der Waals surface area contributed by atoms with E-state index in [1.807, 2.05) is 24.3 Å². The molecule has 2 aliphatic rings. The van der Waals surface area contributed by atoms with Gasteiger partial charge in [0.1, 0.15) is 12.1 Å². The third-order valence-electron chi connectivity index (χ3n) is 3.86. The highest BCUT2D eigenvalue weighted by Gasteiger charge is 2.44. The van der Waals surface area contributed by atoms with Crippen LogP contribution in [0.4, 0.5) is 15.0 Å². The van der Waals surface area contributed by atoms with Crippen LogP contribution < -0.4 is 10.6 Å². The van der Waals surface area contributed by atoms with E-state index in [1.165, 1.54) is 0 Å². The van der Waals surface area contributed by atoms with Crippen molar-refractivity contribution in [1.29, 1.82) is 0 Å². The van der Waals surface area contributed by atoms with Crippen molar-refractivity contribution in [1.82, 2.24) is 5.12 Å². The molecule has 0 spiro atoms. The van der Waals surface area contributed by atoms with Gasteiger partial charge in [-0.25, -0.2) is 4.79 Å². The molecule has 2 heterocycles. The summed E-state index contributed by atoms with van der Waals surface area (Å²) in [5.74, 6) is 0. The fraction of sp³-hybridized carbons (Fsp3) is 0.500. The number of cyclic esters (lactones) is 1. The Bertz CT molecular complexity index is 528. The van der Waals surface area contributed by atoms with Crippen LogP contribution >= 0.6 is 17.0 Å². The van der Waals surface area contributed by atoms with Gasteiger partial charge in [0, 0.05) is 30.9 Å². The zero-order valence-corrected chi connectivity index (χ0v) is 13.7. The number of ether oxygens (including phenoxy) is 2. The highest BCUT2D eigenvalue weighted by molar-refractivity contribution is 8.93. The van der Waals surface area contributed by atoms with Crippen molar-refractivity contribution in [2.75, 3.05) is 37.7 Å². The van der Waals surface area contributed by atoms with Gasteiger partial charge in [-0.15, -0.1) is 22.1 Å². The molecule has 6 nitrogen and oxygen atoms in total. The largest absolute Gasteiger partial charge is 0.440 e. The maximum atomic E-state index is 14.1. The zero-order valence-electron chi connectivity index (χ0n) is 12.0. The van der Waals surface area contributed by atoms with E-state index in [4.69, 9.17) is 15.2 Å². The van der Waals surface area contributed by atoms with Crippen molar-refractivity contribution < 1.29 is 18.7 Å². The predicted molar refractivity (Wildman–Crippen MR) is 84.8 cm³/mol. The number of rotatable bonds is 3. The first-order valence-corrected chi connectivity index (χ1v) is 6.99. The van der Waals surface area contributed by atoms with Gasteiger partial charge in [0.05, 0.1) is 13.2 Å². The Labute approximate surface area is 138 Å². The lowest BCUT2D eigenvalue weighted by Crippen LogP contribution is -2.38. The first kappa shape index (κ1) is 17.0. The van der Waals surface area contributed by atoms with E-state index in [9.17, 15) is 9.28 Å². The number of amides is 1. The first-order chi connectivity index (χ1) is 10.2. The Morgan fingerprint density at radius 1 is 1.27 bits per heavy atom. The van der Waals surface area contributed by atoms with Crippen LogP contribution in [0, 0.1) is 0 Å². The van der Waals surface area contributed by atoms with Crippen LogP contribution in [0.1, 0.15) is 11.6 Å². The number of benzene rings is 1. The fourth-order valence-electron chi connectivity index (χ4n) is 2.83. The Morgan fingerprint density at radius 3 is 2.64 bits per heavy atom. The summed E-state index contributed by atoms with van der Waals surface area (Å²) in [6, 6.07) is 6.65. The summed E-state index contributed by atoms with van der Waals surface area (Å²) in [6.45, 7) is 2.81. The molecule has 3 rings (SSSR count). The summed E-state index contributed by atoms with van der Waals surface area (Å²) in [5.41, 5.74) is 7.22. The third kappa shape index (κ3) is 3.04. The number of carbonyl (C=O) groups excluding carboxylic acids is 1. The molecular formula is C14H19BrFN3O3. The third-order valence-corrected chi connectivity index (χ3v) is 3.86. The van der Waals surface area contributed by atoms with Crippen molar-refractivity contribution in [3.8, 4) is 0 Å². The van der Waals surface area contributed by atoms with Gasteiger partial charge >= 0.3 is 6.09 Å². The van der Waals surface area contributed by atoms with Crippen LogP contribution in [0.5, 0.6) is 0 Å². The van der Waals surface area contributed by atoms with Gasteiger partial charge in [0.2, 0.25) is 0 Å². The number of hydrogen-bond donors (Lipinski definition) is 1. The van der Waals surface area contributed by atoms with Crippen LogP contribution in [0.25, 0.3) is 0 Å². The van der Waals surface area contributed by atoms with Gasteiger partial charge < -0.3 is 20.1 Å². The minimum atomic E-state index is -0.979. The maximum Gasteiger partial charge on any atom is 0.439 e. The maximum absolute atomic E-state index is 14.1. The topological polar surface area (TPSA) is 68.0 Å². The van der Waals surface area contributed by atoms with Gasteiger partial charge in [0.25, 0.3) is 0 Å².